The normalized spacial score (nSPS) is 11.1. The topological polar surface area (TPSA) is 65.6 Å². The number of carbonyl (C=O) groups excluding carboxylic acids is 1. The second-order valence-electron chi connectivity index (χ2n) is 6.87. The second-order valence-corrected chi connectivity index (χ2v) is 8.85. The summed E-state index contributed by atoms with van der Waals surface area (Å²) in [6.45, 7) is 6.88. The maximum absolute atomic E-state index is 12.9. The molecule has 1 aromatic carbocycles. The summed E-state index contributed by atoms with van der Waals surface area (Å²) in [6.07, 6.45) is 0. The molecule has 4 aromatic rings. The number of benzene rings is 1. The molecule has 3 heterocycles. The van der Waals surface area contributed by atoms with Crippen LogP contribution in [0.1, 0.15) is 32.2 Å². The van der Waals surface area contributed by atoms with Crippen LogP contribution >= 0.6 is 23.1 Å². The van der Waals surface area contributed by atoms with E-state index in [0.29, 0.717) is 5.16 Å². The number of carbonyl (C=O) groups is 1. The first-order chi connectivity index (χ1) is 14.0. The fourth-order valence-corrected chi connectivity index (χ4v) is 4.68. The number of hydrogen-bond donors (Lipinski definition) is 0. The van der Waals surface area contributed by atoms with Gasteiger partial charge < -0.3 is 4.57 Å². The van der Waals surface area contributed by atoms with Gasteiger partial charge in [-0.15, -0.1) is 16.4 Å². The summed E-state index contributed by atoms with van der Waals surface area (Å²) >= 11 is 3.08. The number of aromatic nitrogens is 5. The monoisotopic (exact) mass is 423 g/mol. The number of ketones is 1. The molecule has 6 nitrogen and oxygen atoms in total. The molecule has 3 aromatic heterocycles. The van der Waals surface area contributed by atoms with Crippen LogP contribution in [0.3, 0.4) is 0 Å². The van der Waals surface area contributed by atoms with Crippen molar-refractivity contribution in [3.05, 3.63) is 75.2 Å². The third kappa shape index (κ3) is 4.18. The van der Waals surface area contributed by atoms with Crippen molar-refractivity contribution in [3.8, 4) is 5.69 Å². The van der Waals surface area contributed by atoms with Crippen LogP contribution < -0.4 is 0 Å². The Morgan fingerprint density at radius 2 is 1.93 bits per heavy atom. The van der Waals surface area contributed by atoms with E-state index < -0.39 is 0 Å². The van der Waals surface area contributed by atoms with E-state index in [1.54, 1.807) is 16.0 Å². The van der Waals surface area contributed by atoms with Gasteiger partial charge >= 0.3 is 0 Å². The molecular weight excluding hydrogens is 402 g/mol. The van der Waals surface area contributed by atoms with Gasteiger partial charge in [0.2, 0.25) is 5.16 Å². The fourth-order valence-electron chi connectivity index (χ4n) is 3.21. The number of tetrazole rings is 1. The Balaban J connectivity index is 1.49. The number of thiophene rings is 1. The molecule has 0 aliphatic rings. The molecule has 0 aliphatic carbocycles. The van der Waals surface area contributed by atoms with Gasteiger partial charge in [-0.25, -0.2) is 0 Å². The Bertz CT molecular complexity index is 1130. The van der Waals surface area contributed by atoms with E-state index in [9.17, 15) is 4.79 Å². The number of rotatable bonds is 7. The van der Waals surface area contributed by atoms with Gasteiger partial charge in [-0.05, 0) is 60.8 Å². The molecule has 0 radical (unpaired) electrons. The Labute approximate surface area is 177 Å². The summed E-state index contributed by atoms with van der Waals surface area (Å²) in [5, 5.41) is 14.6. The van der Waals surface area contributed by atoms with Crippen molar-refractivity contribution in [2.75, 3.05) is 5.75 Å². The smallest absolute Gasteiger partial charge is 0.214 e. The van der Waals surface area contributed by atoms with E-state index in [1.165, 1.54) is 22.2 Å². The first-order valence-electron chi connectivity index (χ1n) is 9.23. The molecule has 0 saturated heterocycles. The van der Waals surface area contributed by atoms with Crippen molar-refractivity contribution in [1.82, 2.24) is 24.8 Å². The molecule has 0 spiro atoms. The molecule has 0 amide bonds. The zero-order valence-corrected chi connectivity index (χ0v) is 18.1. The van der Waals surface area contributed by atoms with E-state index >= 15 is 0 Å². The van der Waals surface area contributed by atoms with Crippen molar-refractivity contribution in [3.63, 3.8) is 0 Å². The molecule has 4 rings (SSSR count). The summed E-state index contributed by atoms with van der Waals surface area (Å²) in [5.74, 6) is 0.370. The minimum Gasteiger partial charge on any atom is -0.343 e. The van der Waals surface area contributed by atoms with E-state index in [2.05, 4.69) is 37.6 Å². The highest BCUT2D eigenvalue weighted by atomic mass is 32.2. The molecule has 0 aliphatic heterocycles. The average molecular weight is 424 g/mol. The van der Waals surface area contributed by atoms with Crippen LogP contribution in [0.4, 0.5) is 0 Å². The summed E-state index contributed by atoms with van der Waals surface area (Å²) in [6, 6.07) is 14.1. The van der Waals surface area contributed by atoms with Gasteiger partial charge in [-0.2, -0.15) is 4.68 Å². The Morgan fingerprint density at radius 3 is 2.66 bits per heavy atom. The van der Waals surface area contributed by atoms with Crippen molar-refractivity contribution in [2.24, 2.45) is 0 Å². The van der Waals surface area contributed by atoms with Crippen LogP contribution in [0, 0.1) is 20.8 Å². The molecule has 148 valence electrons. The zero-order chi connectivity index (χ0) is 20.4. The van der Waals surface area contributed by atoms with E-state index in [4.69, 9.17) is 0 Å². The van der Waals surface area contributed by atoms with Crippen molar-refractivity contribution in [1.29, 1.82) is 0 Å². The highest BCUT2D eigenvalue weighted by Gasteiger charge is 2.18. The molecular formula is C21H21N5OS2. The molecule has 29 heavy (non-hydrogen) atoms. The van der Waals surface area contributed by atoms with E-state index in [0.717, 1.165) is 29.2 Å². The number of nitrogens with zero attached hydrogens (tertiary/aromatic N) is 5. The number of thioether (sulfide) groups is 1. The van der Waals surface area contributed by atoms with Gasteiger partial charge in [0.05, 0.1) is 18.0 Å². The Kier molecular flexibility index (Phi) is 5.64. The lowest BCUT2D eigenvalue weighted by atomic mass is 10.2. The summed E-state index contributed by atoms with van der Waals surface area (Å²) in [4.78, 5) is 14.2. The highest BCUT2D eigenvalue weighted by molar-refractivity contribution is 7.99. The summed E-state index contributed by atoms with van der Waals surface area (Å²) < 4.78 is 3.86. The lowest BCUT2D eigenvalue weighted by Gasteiger charge is -2.08. The van der Waals surface area contributed by atoms with Crippen LogP contribution in [0.15, 0.2) is 53.0 Å². The first-order valence-corrected chi connectivity index (χ1v) is 11.1. The third-order valence-electron chi connectivity index (χ3n) is 4.82. The van der Waals surface area contributed by atoms with E-state index in [1.807, 2.05) is 51.1 Å². The molecule has 0 bridgehead atoms. The fraction of sp³-hybridized carbons (Fsp3) is 0.238. The minimum atomic E-state index is 0.0824. The predicted molar refractivity (Wildman–Crippen MR) is 116 cm³/mol. The van der Waals surface area contributed by atoms with Gasteiger partial charge in [0.25, 0.3) is 0 Å². The van der Waals surface area contributed by atoms with Crippen LogP contribution in [0.5, 0.6) is 0 Å². The molecule has 0 saturated carbocycles. The lowest BCUT2D eigenvalue weighted by molar-refractivity contribution is 0.102. The zero-order valence-electron chi connectivity index (χ0n) is 16.5. The third-order valence-corrected chi connectivity index (χ3v) is 6.60. The van der Waals surface area contributed by atoms with Gasteiger partial charge in [0.1, 0.15) is 0 Å². The molecule has 0 fully saturated rings. The van der Waals surface area contributed by atoms with Crippen molar-refractivity contribution >= 4 is 28.9 Å². The van der Waals surface area contributed by atoms with Crippen LogP contribution in [0.25, 0.3) is 5.69 Å². The number of hydrogen-bond acceptors (Lipinski definition) is 6. The molecule has 0 N–H and O–H groups in total. The maximum atomic E-state index is 12.9. The maximum Gasteiger partial charge on any atom is 0.214 e. The van der Waals surface area contributed by atoms with Crippen molar-refractivity contribution < 1.29 is 4.79 Å². The standard InChI is InChI=1S/C21H21N5OS2/c1-14-6-8-17(9-7-14)26-21(22-23-24-26)29-13-20(27)19-11-15(2)25(16(19)3)12-18-5-4-10-28-18/h4-11H,12-13H2,1-3H3. The van der Waals surface area contributed by atoms with Gasteiger partial charge in [-0.3, -0.25) is 4.79 Å². The second kappa shape index (κ2) is 8.34. The lowest BCUT2D eigenvalue weighted by Crippen LogP contribution is -2.08. The number of Topliss-reactive ketones (excluding diaryl/α,β-unsaturated/α-hetero) is 1. The van der Waals surface area contributed by atoms with Crippen molar-refractivity contribution in [2.45, 2.75) is 32.5 Å². The van der Waals surface area contributed by atoms with Gasteiger partial charge in [0, 0.05) is 21.8 Å². The Hall–Kier alpha value is -2.71. The first kappa shape index (κ1) is 19.6. The quantitative estimate of drug-likeness (QED) is 0.324. The summed E-state index contributed by atoms with van der Waals surface area (Å²) in [7, 11) is 0. The highest BCUT2D eigenvalue weighted by Crippen LogP contribution is 2.23. The van der Waals surface area contributed by atoms with Crippen LogP contribution in [-0.4, -0.2) is 36.3 Å². The number of aryl methyl sites for hydroxylation is 2. The molecule has 0 unspecified atom stereocenters. The van der Waals surface area contributed by atoms with Crippen LogP contribution in [0.2, 0.25) is 0 Å². The SMILES string of the molecule is Cc1ccc(-n2nnnc2SCC(=O)c2cc(C)n(Cc3cccs3)c2C)cc1. The van der Waals surface area contributed by atoms with Gasteiger partial charge in [0.15, 0.2) is 5.78 Å². The summed E-state index contributed by atoms with van der Waals surface area (Å²) in [5.41, 5.74) is 4.91. The molecule has 8 heteroatoms. The molecule has 0 atom stereocenters. The predicted octanol–water partition coefficient (Wildman–Crippen LogP) is 4.47. The van der Waals surface area contributed by atoms with E-state index in [-0.39, 0.29) is 11.5 Å². The Morgan fingerprint density at radius 1 is 1.14 bits per heavy atom. The largest absolute Gasteiger partial charge is 0.343 e. The minimum absolute atomic E-state index is 0.0824. The van der Waals surface area contributed by atoms with Crippen LogP contribution in [-0.2, 0) is 6.54 Å². The average Bonchev–Trinajstić information content (AvgIpc) is 3.45. The van der Waals surface area contributed by atoms with Gasteiger partial charge in [-0.1, -0.05) is 35.5 Å².